The lowest BCUT2D eigenvalue weighted by Gasteiger charge is -2.26. The van der Waals surface area contributed by atoms with Crippen LogP contribution in [0.1, 0.15) is 62.4 Å². The van der Waals surface area contributed by atoms with Crippen LogP contribution in [0.4, 0.5) is 17.1 Å². The maximum Gasteiger partial charge on any atom is 0.0462 e. The Labute approximate surface area is 397 Å². The molecule has 67 heavy (non-hydrogen) atoms. The molecule has 0 N–H and O–H groups in total. The zero-order valence-corrected chi connectivity index (χ0v) is 37.6. The minimum Gasteiger partial charge on any atom is -0.311 e. The Morgan fingerprint density at radius 1 is 0.313 bits per heavy atom. The number of benzene rings is 9. The van der Waals surface area contributed by atoms with E-state index in [4.69, 9.17) is 0 Å². The lowest BCUT2D eigenvalue weighted by molar-refractivity contribution is 0.832. The monoisotopic (exact) mass is 859 g/mol. The van der Waals surface area contributed by atoms with E-state index in [2.05, 4.69) is 308 Å². The van der Waals surface area contributed by atoms with Crippen LogP contribution < -0.4 is 4.90 Å². The molecule has 0 bridgehead atoms. The van der Waals surface area contributed by atoms with Gasteiger partial charge in [0.15, 0.2) is 0 Å². The maximum absolute atomic E-state index is 2.33. The van der Waals surface area contributed by atoms with Gasteiger partial charge in [0.05, 0.1) is 0 Å². The topological polar surface area (TPSA) is 3.24 Å². The minimum atomic E-state index is 0.292. The molecule has 0 spiro atoms. The maximum atomic E-state index is 2.33. The quantitative estimate of drug-likeness (QED) is 0.0875. The molecule has 1 heteroatoms. The van der Waals surface area contributed by atoms with Crippen molar-refractivity contribution in [2.45, 2.75) is 12.3 Å². The summed E-state index contributed by atoms with van der Waals surface area (Å²) >= 11 is 0. The summed E-state index contributed by atoms with van der Waals surface area (Å²) in [5.41, 5.74) is 16.5. The van der Waals surface area contributed by atoms with E-state index in [0.717, 1.165) is 34.6 Å². The largest absolute Gasteiger partial charge is 0.311 e. The number of hydrogen-bond acceptors (Lipinski definition) is 1. The first kappa shape index (κ1) is 43.7. The van der Waals surface area contributed by atoms with E-state index in [-0.39, 0.29) is 0 Å². The second-order valence-corrected chi connectivity index (χ2v) is 16.5. The molecule has 9 aromatic rings. The molecular weight excluding hydrogens is 807 g/mol. The van der Waals surface area contributed by atoms with Gasteiger partial charge in [-0.1, -0.05) is 267 Å². The molecule has 0 amide bonds. The first-order valence-electron chi connectivity index (χ1n) is 23.1. The van der Waals surface area contributed by atoms with Crippen molar-refractivity contribution in [2.24, 2.45) is 0 Å². The second-order valence-electron chi connectivity index (χ2n) is 16.5. The number of nitrogens with zero attached hydrogens (tertiary/aromatic N) is 1. The Morgan fingerprint density at radius 3 is 0.910 bits per heavy atom. The highest BCUT2D eigenvalue weighted by molar-refractivity contribution is 5.83. The molecule has 0 saturated carbocycles. The number of allylic oxidation sites excluding steroid dienone is 5. The zero-order chi connectivity index (χ0) is 45.3. The van der Waals surface area contributed by atoms with Crippen molar-refractivity contribution in [3.63, 3.8) is 0 Å². The Balaban J connectivity index is 0.987. The van der Waals surface area contributed by atoms with Gasteiger partial charge in [-0.3, -0.25) is 0 Å². The van der Waals surface area contributed by atoms with Gasteiger partial charge in [0.25, 0.3) is 0 Å². The van der Waals surface area contributed by atoms with Crippen LogP contribution in [0.15, 0.2) is 285 Å². The van der Waals surface area contributed by atoms with Crippen molar-refractivity contribution in [3.05, 3.63) is 335 Å². The predicted molar refractivity (Wildman–Crippen MR) is 287 cm³/mol. The molecule has 0 aliphatic rings. The number of rotatable bonds is 16. The van der Waals surface area contributed by atoms with Crippen LogP contribution in [0.25, 0.3) is 29.4 Å². The van der Waals surface area contributed by atoms with Crippen molar-refractivity contribution in [1.29, 1.82) is 0 Å². The Bertz CT molecular complexity index is 2790. The van der Waals surface area contributed by atoms with Crippen LogP contribution in [0.3, 0.4) is 0 Å². The van der Waals surface area contributed by atoms with Crippen molar-refractivity contribution in [1.82, 2.24) is 0 Å². The van der Waals surface area contributed by atoms with Crippen molar-refractivity contribution >= 4 is 46.4 Å². The smallest absolute Gasteiger partial charge is 0.0462 e. The van der Waals surface area contributed by atoms with Crippen LogP contribution in [0.2, 0.25) is 0 Å². The third-order valence-corrected chi connectivity index (χ3v) is 12.0. The summed E-state index contributed by atoms with van der Waals surface area (Å²) in [4.78, 5) is 2.33. The van der Waals surface area contributed by atoms with E-state index in [1.807, 2.05) is 0 Å². The SMILES string of the molecule is C(=Cc1ccc(N(c2ccc(C=CC=C(c3ccccc3)c3ccccc3)cc2)c2ccc(C=CCC(c3ccccc3)c3ccccc3)cc2)cc1)C=C(c1ccccc1)c1ccccc1. The lowest BCUT2D eigenvalue weighted by atomic mass is 9.88. The molecule has 0 saturated heterocycles. The van der Waals surface area contributed by atoms with Gasteiger partial charge in [-0.15, -0.1) is 0 Å². The summed E-state index contributed by atoms with van der Waals surface area (Å²) in [5, 5.41) is 0. The fraction of sp³-hybridized carbons (Fsp3) is 0.0303. The predicted octanol–water partition coefficient (Wildman–Crippen LogP) is 17.7. The molecule has 0 atom stereocenters. The van der Waals surface area contributed by atoms with Gasteiger partial charge in [0.2, 0.25) is 0 Å². The highest BCUT2D eigenvalue weighted by Crippen LogP contribution is 2.36. The molecule has 0 heterocycles. The summed E-state index contributed by atoms with van der Waals surface area (Å²) in [6.07, 6.45) is 18.6. The average Bonchev–Trinajstić information content (AvgIpc) is 3.41. The molecule has 9 rings (SSSR count). The summed E-state index contributed by atoms with van der Waals surface area (Å²) in [6, 6.07) is 90.5. The van der Waals surface area contributed by atoms with E-state index in [1.165, 1.54) is 50.1 Å². The van der Waals surface area contributed by atoms with Gasteiger partial charge in [0, 0.05) is 23.0 Å². The van der Waals surface area contributed by atoms with Gasteiger partial charge < -0.3 is 4.90 Å². The molecule has 9 aromatic carbocycles. The van der Waals surface area contributed by atoms with E-state index >= 15 is 0 Å². The third kappa shape index (κ3) is 11.6. The zero-order valence-electron chi connectivity index (χ0n) is 37.6. The minimum absolute atomic E-state index is 0.292. The fourth-order valence-corrected chi connectivity index (χ4v) is 8.53. The van der Waals surface area contributed by atoms with Gasteiger partial charge >= 0.3 is 0 Å². The van der Waals surface area contributed by atoms with Gasteiger partial charge in [-0.25, -0.2) is 0 Å². The van der Waals surface area contributed by atoms with Crippen molar-refractivity contribution in [2.75, 3.05) is 4.90 Å². The van der Waals surface area contributed by atoms with Crippen LogP contribution in [0, 0.1) is 0 Å². The number of anilines is 3. The molecule has 0 radical (unpaired) electrons. The molecule has 0 aromatic heterocycles. The molecule has 0 aliphatic carbocycles. The van der Waals surface area contributed by atoms with Crippen LogP contribution in [-0.4, -0.2) is 0 Å². The Kier molecular flexibility index (Phi) is 14.6. The van der Waals surface area contributed by atoms with Gasteiger partial charge in [-0.2, -0.15) is 0 Å². The van der Waals surface area contributed by atoms with Gasteiger partial charge in [-0.05, 0) is 104 Å². The normalized spacial score (nSPS) is 11.3. The fourth-order valence-electron chi connectivity index (χ4n) is 8.53. The summed E-state index contributed by atoms with van der Waals surface area (Å²) in [6.45, 7) is 0. The summed E-state index contributed by atoms with van der Waals surface area (Å²) in [5.74, 6) is 0.292. The Hall–Kier alpha value is -8.52. The molecule has 0 unspecified atom stereocenters. The number of hydrogen-bond donors (Lipinski definition) is 0. The van der Waals surface area contributed by atoms with E-state index in [9.17, 15) is 0 Å². The second kappa shape index (κ2) is 22.4. The van der Waals surface area contributed by atoms with Gasteiger partial charge in [0.1, 0.15) is 0 Å². The average molecular weight is 860 g/mol. The van der Waals surface area contributed by atoms with Crippen molar-refractivity contribution in [3.8, 4) is 0 Å². The molecule has 0 fully saturated rings. The first-order valence-corrected chi connectivity index (χ1v) is 23.1. The molecule has 322 valence electrons. The summed E-state index contributed by atoms with van der Waals surface area (Å²) < 4.78 is 0. The highest BCUT2D eigenvalue weighted by atomic mass is 15.1. The summed E-state index contributed by atoms with van der Waals surface area (Å²) in [7, 11) is 0. The van der Waals surface area contributed by atoms with E-state index < -0.39 is 0 Å². The van der Waals surface area contributed by atoms with Crippen LogP contribution in [0.5, 0.6) is 0 Å². The Morgan fingerprint density at radius 2 is 0.597 bits per heavy atom. The molecular formula is C66H53N. The third-order valence-electron chi connectivity index (χ3n) is 12.0. The molecule has 1 nitrogen and oxygen atoms in total. The van der Waals surface area contributed by atoms with E-state index in [0.29, 0.717) is 5.92 Å². The van der Waals surface area contributed by atoms with Crippen molar-refractivity contribution < 1.29 is 0 Å². The molecule has 0 aliphatic heterocycles. The van der Waals surface area contributed by atoms with E-state index in [1.54, 1.807) is 0 Å². The van der Waals surface area contributed by atoms with Crippen LogP contribution >= 0.6 is 0 Å². The highest BCUT2D eigenvalue weighted by Gasteiger charge is 2.14. The standard InChI is InChI=1S/C66H53N/c1-7-25-55(26-8-1)64(56-27-9-2-10-28-56)37-19-22-52-40-46-61(47-41-52)67(62-48-42-53(43-49-62)23-20-38-65(57-29-11-3-12-30-57)58-31-13-4-14-32-58)63-50-44-54(45-51-63)24-21-39-66(59-33-15-5-16-34-59)60-35-17-6-18-36-60/h1-38,40-51,66H,39H2. The van der Waals surface area contributed by atoms with Crippen LogP contribution in [-0.2, 0) is 0 Å². The first-order chi connectivity index (χ1) is 33.2. The lowest BCUT2D eigenvalue weighted by Crippen LogP contribution is -2.09.